The maximum atomic E-state index is 9.79. The third-order valence-electron chi connectivity index (χ3n) is 2.76. The molecular formula is C10H22O2. The van der Waals surface area contributed by atoms with Crippen molar-refractivity contribution in [3.05, 3.63) is 0 Å². The minimum atomic E-state index is -0.404. The maximum absolute atomic E-state index is 9.79. The van der Waals surface area contributed by atoms with Crippen LogP contribution in [0.5, 0.6) is 0 Å². The van der Waals surface area contributed by atoms with Crippen LogP contribution in [-0.4, -0.2) is 22.4 Å². The summed E-state index contributed by atoms with van der Waals surface area (Å²) in [7, 11) is 0. The second-order valence-electron chi connectivity index (χ2n) is 3.69. The summed E-state index contributed by atoms with van der Waals surface area (Å²) in [6, 6.07) is 0. The molecule has 0 spiro atoms. The Morgan fingerprint density at radius 3 is 1.75 bits per heavy atom. The first kappa shape index (κ1) is 11.9. The van der Waals surface area contributed by atoms with Gasteiger partial charge in [0, 0.05) is 5.92 Å². The zero-order valence-electron chi connectivity index (χ0n) is 8.62. The van der Waals surface area contributed by atoms with Gasteiger partial charge < -0.3 is 10.2 Å². The SMILES string of the molecule is CCC(C)C(O)C(CC)C(C)O. The van der Waals surface area contributed by atoms with Crippen LogP contribution in [0.25, 0.3) is 0 Å². The first-order chi connectivity index (χ1) is 5.54. The number of aliphatic hydroxyl groups is 2. The van der Waals surface area contributed by atoms with Gasteiger partial charge in [-0.05, 0) is 19.3 Å². The summed E-state index contributed by atoms with van der Waals surface area (Å²) in [6.07, 6.45) is 1.03. The highest BCUT2D eigenvalue weighted by atomic mass is 16.3. The van der Waals surface area contributed by atoms with Crippen molar-refractivity contribution in [1.82, 2.24) is 0 Å². The van der Waals surface area contributed by atoms with E-state index in [0.29, 0.717) is 0 Å². The Labute approximate surface area is 75.6 Å². The normalized spacial score (nSPS) is 21.5. The average Bonchev–Trinajstić information content (AvgIpc) is 2.03. The molecule has 0 bridgehead atoms. The van der Waals surface area contributed by atoms with Gasteiger partial charge in [-0.3, -0.25) is 0 Å². The zero-order valence-corrected chi connectivity index (χ0v) is 8.62. The van der Waals surface area contributed by atoms with Crippen molar-refractivity contribution in [2.24, 2.45) is 11.8 Å². The summed E-state index contributed by atoms with van der Waals surface area (Å²) >= 11 is 0. The van der Waals surface area contributed by atoms with Crippen molar-refractivity contribution < 1.29 is 10.2 Å². The van der Waals surface area contributed by atoms with Crippen molar-refractivity contribution in [3.8, 4) is 0 Å². The largest absolute Gasteiger partial charge is 0.393 e. The molecule has 0 rings (SSSR count). The Morgan fingerprint density at radius 2 is 1.50 bits per heavy atom. The second kappa shape index (κ2) is 5.55. The molecule has 2 nitrogen and oxygen atoms in total. The van der Waals surface area contributed by atoms with E-state index in [1.807, 2.05) is 13.8 Å². The van der Waals surface area contributed by atoms with Crippen LogP contribution in [0.4, 0.5) is 0 Å². The van der Waals surface area contributed by atoms with Gasteiger partial charge in [-0.1, -0.05) is 27.2 Å². The van der Waals surface area contributed by atoms with Gasteiger partial charge in [0.2, 0.25) is 0 Å². The fourth-order valence-electron chi connectivity index (χ4n) is 1.53. The molecule has 0 aromatic heterocycles. The summed E-state index contributed by atoms with van der Waals surface area (Å²) < 4.78 is 0. The number of hydrogen-bond acceptors (Lipinski definition) is 2. The topological polar surface area (TPSA) is 40.5 Å². The predicted octanol–water partition coefficient (Wildman–Crippen LogP) is 1.80. The van der Waals surface area contributed by atoms with Crippen molar-refractivity contribution in [2.45, 2.75) is 52.7 Å². The van der Waals surface area contributed by atoms with E-state index in [-0.39, 0.29) is 17.9 Å². The highest BCUT2D eigenvalue weighted by molar-refractivity contribution is 4.75. The molecule has 0 aliphatic heterocycles. The third-order valence-corrected chi connectivity index (χ3v) is 2.76. The fraction of sp³-hybridized carbons (Fsp3) is 1.00. The molecular weight excluding hydrogens is 152 g/mol. The molecule has 0 saturated carbocycles. The van der Waals surface area contributed by atoms with E-state index >= 15 is 0 Å². The molecule has 4 atom stereocenters. The minimum Gasteiger partial charge on any atom is -0.393 e. The molecule has 12 heavy (non-hydrogen) atoms. The van der Waals surface area contributed by atoms with Crippen LogP contribution in [0.3, 0.4) is 0 Å². The third kappa shape index (κ3) is 3.11. The van der Waals surface area contributed by atoms with Crippen LogP contribution in [0, 0.1) is 11.8 Å². The molecule has 0 radical (unpaired) electrons. The van der Waals surface area contributed by atoms with Gasteiger partial charge in [0.1, 0.15) is 0 Å². The lowest BCUT2D eigenvalue weighted by Gasteiger charge is -2.28. The van der Waals surface area contributed by atoms with Crippen molar-refractivity contribution in [3.63, 3.8) is 0 Å². The van der Waals surface area contributed by atoms with Crippen molar-refractivity contribution >= 4 is 0 Å². The molecule has 0 heterocycles. The first-order valence-electron chi connectivity index (χ1n) is 4.90. The van der Waals surface area contributed by atoms with Crippen molar-refractivity contribution in [2.75, 3.05) is 0 Å². The van der Waals surface area contributed by atoms with Crippen molar-refractivity contribution in [1.29, 1.82) is 0 Å². The predicted molar refractivity (Wildman–Crippen MR) is 50.9 cm³/mol. The van der Waals surface area contributed by atoms with Gasteiger partial charge in [0.05, 0.1) is 12.2 Å². The van der Waals surface area contributed by atoms with Gasteiger partial charge in [0.25, 0.3) is 0 Å². The van der Waals surface area contributed by atoms with Crippen LogP contribution < -0.4 is 0 Å². The summed E-state index contributed by atoms with van der Waals surface area (Å²) in [5.41, 5.74) is 0. The van der Waals surface area contributed by atoms with Gasteiger partial charge in [-0.25, -0.2) is 0 Å². The van der Waals surface area contributed by atoms with E-state index in [2.05, 4.69) is 6.92 Å². The first-order valence-corrected chi connectivity index (χ1v) is 4.90. The summed E-state index contributed by atoms with van der Waals surface area (Å²) in [6.45, 7) is 7.83. The highest BCUT2D eigenvalue weighted by Gasteiger charge is 2.25. The average molecular weight is 174 g/mol. The van der Waals surface area contributed by atoms with Crippen LogP contribution in [0.1, 0.15) is 40.5 Å². The summed E-state index contributed by atoms with van der Waals surface area (Å²) in [4.78, 5) is 0. The van der Waals surface area contributed by atoms with Crippen LogP contribution >= 0.6 is 0 Å². The Bertz CT molecular complexity index is 112. The lowest BCUT2D eigenvalue weighted by atomic mass is 9.85. The lowest BCUT2D eigenvalue weighted by molar-refractivity contribution is -0.00992. The lowest BCUT2D eigenvalue weighted by Crippen LogP contribution is -2.34. The zero-order chi connectivity index (χ0) is 9.72. The number of rotatable bonds is 5. The van der Waals surface area contributed by atoms with Crippen LogP contribution in [-0.2, 0) is 0 Å². The Kier molecular flexibility index (Phi) is 5.51. The van der Waals surface area contributed by atoms with E-state index < -0.39 is 6.10 Å². The Morgan fingerprint density at radius 1 is 1.00 bits per heavy atom. The highest BCUT2D eigenvalue weighted by Crippen LogP contribution is 2.21. The molecule has 0 aromatic carbocycles. The Balaban J connectivity index is 4.10. The Hall–Kier alpha value is -0.0800. The van der Waals surface area contributed by atoms with E-state index in [9.17, 15) is 10.2 Å². The second-order valence-corrected chi connectivity index (χ2v) is 3.69. The molecule has 4 unspecified atom stereocenters. The molecule has 74 valence electrons. The number of aliphatic hydroxyl groups excluding tert-OH is 2. The van der Waals surface area contributed by atoms with E-state index in [1.54, 1.807) is 6.92 Å². The van der Waals surface area contributed by atoms with Gasteiger partial charge in [0.15, 0.2) is 0 Å². The summed E-state index contributed by atoms with van der Waals surface area (Å²) in [5.74, 6) is 0.310. The molecule has 0 aromatic rings. The van der Waals surface area contributed by atoms with Gasteiger partial charge >= 0.3 is 0 Å². The molecule has 0 saturated heterocycles. The summed E-state index contributed by atoms with van der Waals surface area (Å²) in [5, 5.41) is 19.2. The smallest absolute Gasteiger partial charge is 0.0618 e. The monoisotopic (exact) mass is 174 g/mol. The standard InChI is InChI=1S/C10H22O2/c1-5-7(3)10(12)9(6-2)8(4)11/h7-12H,5-6H2,1-4H3. The number of hydrogen-bond donors (Lipinski definition) is 2. The molecule has 2 N–H and O–H groups in total. The fourth-order valence-corrected chi connectivity index (χ4v) is 1.53. The molecule has 0 amide bonds. The van der Waals surface area contributed by atoms with E-state index in [4.69, 9.17) is 0 Å². The van der Waals surface area contributed by atoms with E-state index in [0.717, 1.165) is 12.8 Å². The molecule has 0 fully saturated rings. The molecule has 2 heteroatoms. The minimum absolute atomic E-state index is 0.0277. The van der Waals surface area contributed by atoms with Gasteiger partial charge in [-0.2, -0.15) is 0 Å². The molecule has 0 aliphatic rings. The molecule has 0 aliphatic carbocycles. The van der Waals surface area contributed by atoms with E-state index in [1.165, 1.54) is 0 Å². The maximum Gasteiger partial charge on any atom is 0.0618 e. The van der Waals surface area contributed by atoms with Crippen LogP contribution in [0.15, 0.2) is 0 Å². The quantitative estimate of drug-likeness (QED) is 0.667. The van der Waals surface area contributed by atoms with Gasteiger partial charge in [-0.15, -0.1) is 0 Å². The van der Waals surface area contributed by atoms with Crippen LogP contribution in [0.2, 0.25) is 0 Å².